The molecule has 2 N–H and O–H groups in total. The van der Waals surface area contributed by atoms with Crippen molar-refractivity contribution in [3.05, 3.63) is 0 Å². The molecule has 0 aromatic carbocycles. The molecule has 2 atom stereocenters. The largest absolute Gasteiger partial charge is 0.480 e. The summed E-state index contributed by atoms with van der Waals surface area (Å²) in [6.07, 6.45) is 0. The van der Waals surface area contributed by atoms with Crippen molar-refractivity contribution in [3.63, 3.8) is 0 Å². The second-order valence-electron chi connectivity index (χ2n) is 5.39. The molecule has 2 aliphatic heterocycles. The third kappa shape index (κ3) is 4.55. The van der Waals surface area contributed by atoms with E-state index in [0.29, 0.717) is 26.4 Å². The zero-order valence-corrected chi connectivity index (χ0v) is 12.3. The van der Waals surface area contributed by atoms with Crippen LogP contribution in [0.15, 0.2) is 0 Å². The van der Waals surface area contributed by atoms with Crippen LogP contribution < -0.4 is 5.32 Å². The number of ether oxygens (including phenoxy) is 2. The van der Waals surface area contributed by atoms with Crippen molar-refractivity contribution < 1.29 is 24.2 Å². The van der Waals surface area contributed by atoms with Crippen molar-refractivity contribution in [2.24, 2.45) is 0 Å². The highest BCUT2D eigenvalue weighted by Crippen LogP contribution is 2.08. The van der Waals surface area contributed by atoms with E-state index in [1.165, 1.54) is 4.90 Å². The first-order valence-corrected chi connectivity index (χ1v) is 7.25. The lowest BCUT2D eigenvalue weighted by molar-refractivity contribution is -0.147. The van der Waals surface area contributed by atoms with E-state index < -0.39 is 12.0 Å². The minimum Gasteiger partial charge on any atom is -0.480 e. The maximum Gasteiger partial charge on any atom is 0.328 e. The molecular formula is C13H23N3O5. The molecule has 0 spiro atoms. The molecule has 0 aliphatic carbocycles. The Morgan fingerprint density at radius 1 is 1.24 bits per heavy atom. The fourth-order valence-electron chi connectivity index (χ4n) is 2.56. The molecule has 2 aliphatic rings. The minimum atomic E-state index is -1.04. The third-order valence-electron chi connectivity index (χ3n) is 3.68. The molecule has 2 fully saturated rings. The van der Waals surface area contributed by atoms with Gasteiger partial charge in [0, 0.05) is 32.2 Å². The molecule has 0 aromatic heterocycles. The molecule has 2 amide bonds. The SMILES string of the molecule is CC(CN1CCOCC1)NC(=O)N1CCOCC1C(=O)O. The minimum absolute atomic E-state index is 0.0423. The van der Waals surface area contributed by atoms with E-state index in [2.05, 4.69) is 10.2 Å². The van der Waals surface area contributed by atoms with Crippen LogP contribution >= 0.6 is 0 Å². The molecule has 120 valence electrons. The molecule has 2 heterocycles. The van der Waals surface area contributed by atoms with Crippen LogP contribution in [-0.2, 0) is 14.3 Å². The van der Waals surface area contributed by atoms with Crippen LogP contribution in [0.2, 0.25) is 0 Å². The number of nitrogens with zero attached hydrogens (tertiary/aromatic N) is 2. The summed E-state index contributed by atoms with van der Waals surface area (Å²) in [5.74, 6) is -1.04. The summed E-state index contributed by atoms with van der Waals surface area (Å²) >= 11 is 0. The van der Waals surface area contributed by atoms with Crippen molar-refractivity contribution in [2.45, 2.75) is 19.0 Å². The van der Waals surface area contributed by atoms with Gasteiger partial charge in [0.2, 0.25) is 0 Å². The molecule has 2 unspecified atom stereocenters. The van der Waals surface area contributed by atoms with Crippen LogP contribution in [0.5, 0.6) is 0 Å². The summed E-state index contributed by atoms with van der Waals surface area (Å²) < 4.78 is 10.4. The van der Waals surface area contributed by atoms with Gasteiger partial charge >= 0.3 is 12.0 Å². The normalized spacial score (nSPS) is 25.4. The number of amides is 2. The van der Waals surface area contributed by atoms with Crippen molar-refractivity contribution in [1.29, 1.82) is 0 Å². The highest BCUT2D eigenvalue weighted by molar-refractivity contribution is 5.83. The quantitative estimate of drug-likeness (QED) is 0.706. The molecule has 0 bridgehead atoms. The topological polar surface area (TPSA) is 91.3 Å². The highest BCUT2D eigenvalue weighted by atomic mass is 16.5. The summed E-state index contributed by atoms with van der Waals surface area (Å²) in [6, 6.07) is -1.30. The van der Waals surface area contributed by atoms with E-state index in [4.69, 9.17) is 14.6 Å². The Hall–Kier alpha value is -1.38. The Kier molecular flexibility index (Phi) is 5.77. The third-order valence-corrected chi connectivity index (χ3v) is 3.68. The summed E-state index contributed by atoms with van der Waals surface area (Å²) in [7, 11) is 0. The second kappa shape index (κ2) is 7.58. The maximum absolute atomic E-state index is 12.2. The first-order chi connectivity index (χ1) is 10.1. The van der Waals surface area contributed by atoms with Gasteiger partial charge in [-0.25, -0.2) is 9.59 Å². The van der Waals surface area contributed by atoms with Gasteiger partial charge in [-0.1, -0.05) is 0 Å². The van der Waals surface area contributed by atoms with Gasteiger partial charge in [0.25, 0.3) is 0 Å². The summed E-state index contributed by atoms with van der Waals surface area (Å²) in [5.41, 5.74) is 0. The number of rotatable bonds is 4. The van der Waals surface area contributed by atoms with Gasteiger partial charge in [-0.3, -0.25) is 4.90 Å². The lowest BCUT2D eigenvalue weighted by Crippen LogP contribution is -2.58. The predicted molar refractivity (Wildman–Crippen MR) is 74.2 cm³/mol. The van der Waals surface area contributed by atoms with Crippen LogP contribution in [0.4, 0.5) is 4.79 Å². The van der Waals surface area contributed by atoms with E-state index in [-0.39, 0.29) is 18.7 Å². The monoisotopic (exact) mass is 301 g/mol. The fourth-order valence-corrected chi connectivity index (χ4v) is 2.56. The summed E-state index contributed by atoms with van der Waals surface area (Å²) in [6.45, 7) is 6.50. The Morgan fingerprint density at radius 2 is 1.90 bits per heavy atom. The predicted octanol–water partition coefficient (Wildman–Crippen LogP) is -0.798. The van der Waals surface area contributed by atoms with Gasteiger partial charge in [0.1, 0.15) is 0 Å². The number of carboxylic acid groups (broad SMARTS) is 1. The number of urea groups is 1. The number of morpholine rings is 2. The lowest BCUT2D eigenvalue weighted by Gasteiger charge is -2.35. The van der Waals surface area contributed by atoms with Gasteiger partial charge in [0.05, 0.1) is 26.4 Å². The van der Waals surface area contributed by atoms with E-state index in [1.54, 1.807) is 0 Å². The number of carbonyl (C=O) groups excluding carboxylic acids is 1. The maximum atomic E-state index is 12.2. The number of nitrogens with one attached hydrogen (secondary N) is 1. The van der Waals surface area contributed by atoms with Crippen LogP contribution in [0.25, 0.3) is 0 Å². The van der Waals surface area contributed by atoms with E-state index in [1.807, 2.05) is 6.92 Å². The Labute approximate surface area is 124 Å². The molecular weight excluding hydrogens is 278 g/mol. The van der Waals surface area contributed by atoms with Gasteiger partial charge < -0.3 is 24.8 Å². The first-order valence-electron chi connectivity index (χ1n) is 7.25. The zero-order chi connectivity index (χ0) is 15.2. The van der Waals surface area contributed by atoms with Gasteiger partial charge in [-0.05, 0) is 6.92 Å². The fraction of sp³-hybridized carbons (Fsp3) is 0.846. The van der Waals surface area contributed by atoms with E-state index >= 15 is 0 Å². The molecule has 2 saturated heterocycles. The number of hydrogen-bond donors (Lipinski definition) is 2. The summed E-state index contributed by atoms with van der Waals surface area (Å²) in [5, 5.41) is 12.0. The van der Waals surface area contributed by atoms with E-state index in [9.17, 15) is 9.59 Å². The van der Waals surface area contributed by atoms with Crippen LogP contribution in [0, 0.1) is 0 Å². The molecule has 0 radical (unpaired) electrons. The second-order valence-corrected chi connectivity index (χ2v) is 5.39. The van der Waals surface area contributed by atoms with Gasteiger partial charge in [-0.15, -0.1) is 0 Å². The Balaban J connectivity index is 1.82. The van der Waals surface area contributed by atoms with Crippen LogP contribution in [0.1, 0.15) is 6.92 Å². The Bertz CT molecular complexity index is 373. The zero-order valence-electron chi connectivity index (χ0n) is 12.3. The van der Waals surface area contributed by atoms with Gasteiger partial charge in [0.15, 0.2) is 6.04 Å². The molecule has 8 nitrogen and oxygen atoms in total. The standard InChI is InChI=1S/C13H23N3O5/c1-10(8-15-2-5-20-6-3-15)14-13(19)16-4-7-21-9-11(16)12(17)18/h10-11H,2-9H2,1H3,(H,14,19)(H,17,18). The van der Waals surface area contributed by atoms with Crippen molar-refractivity contribution in [2.75, 3.05) is 52.6 Å². The molecule has 0 saturated carbocycles. The molecule has 0 aromatic rings. The van der Waals surface area contributed by atoms with E-state index in [0.717, 1.165) is 19.6 Å². The average Bonchev–Trinajstić information content (AvgIpc) is 2.48. The van der Waals surface area contributed by atoms with Crippen molar-refractivity contribution in [1.82, 2.24) is 15.1 Å². The lowest BCUT2D eigenvalue weighted by atomic mass is 10.2. The first kappa shape index (κ1) is 16.0. The number of aliphatic carboxylic acids is 1. The van der Waals surface area contributed by atoms with Crippen LogP contribution in [-0.4, -0.2) is 91.6 Å². The van der Waals surface area contributed by atoms with Crippen molar-refractivity contribution >= 4 is 12.0 Å². The molecule has 2 rings (SSSR count). The highest BCUT2D eigenvalue weighted by Gasteiger charge is 2.33. The smallest absolute Gasteiger partial charge is 0.328 e. The molecule has 8 heteroatoms. The van der Waals surface area contributed by atoms with Crippen molar-refractivity contribution in [3.8, 4) is 0 Å². The number of carboxylic acids is 1. The van der Waals surface area contributed by atoms with Gasteiger partial charge in [-0.2, -0.15) is 0 Å². The average molecular weight is 301 g/mol. The summed E-state index contributed by atoms with van der Waals surface area (Å²) in [4.78, 5) is 26.9. The Morgan fingerprint density at radius 3 is 2.57 bits per heavy atom. The number of carbonyl (C=O) groups is 2. The number of hydrogen-bond acceptors (Lipinski definition) is 5. The molecule has 21 heavy (non-hydrogen) atoms. The van der Waals surface area contributed by atoms with Crippen LogP contribution in [0.3, 0.4) is 0 Å².